The zero-order valence-corrected chi connectivity index (χ0v) is 25.3. The van der Waals surface area contributed by atoms with Crippen LogP contribution in [-0.4, -0.2) is 116 Å². The third-order valence-electron chi connectivity index (χ3n) is 6.85. The number of aldehydes is 1. The number of amides is 3. The molecule has 4 N–H and O–H groups in total. The van der Waals surface area contributed by atoms with Gasteiger partial charge in [-0.1, -0.05) is 18.2 Å². The number of nitrogens with one attached hydrogen (secondary N) is 3. The lowest BCUT2D eigenvalue weighted by Crippen LogP contribution is -2.48. The number of para-hydroxylation sites is 1. The quantitative estimate of drug-likeness (QED) is 0.0873. The number of fused-ring (bicyclic) bond motifs is 1. The first kappa shape index (κ1) is 35.3. The lowest BCUT2D eigenvalue weighted by molar-refractivity contribution is -0.140. The third kappa shape index (κ3) is 12.1. The van der Waals surface area contributed by atoms with Gasteiger partial charge >= 0.3 is 5.97 Å². The van der Waals surface area contributed by atoms with Crippen LogP contribution in [0, 0.1) is 0 Å². The van der Waals surface area contributed by atoms with Crippen molar-refractivity contribution in [3.63, 3.8) is 0 Å². The Labute approximate surface area is 251 Å². The van der Waals surface area contributed by atoms with Gasteiger partial charge in [-0.25, -0.2) is 5.01 Å². The number of carboxylic acid groups (broad SMARTS) is 1. The average molecular weight is 605 g/mol. The number of aryl methyl sites for hydroxylation is 1. The molecule has 2 unspecified atom stereocenters. The van der Waals surface area contributed by atoms with Crippen LogP contribution in [-0.2, 0) is 46.5 Å². The summed E-state index contributed by atoms with van der Waals surface area (Å²) in [6, 6.07) is 8.18. The number of aromatic nitrogens is 1. The van der Waals surface area contributed by atoms with E-state index in [9.17, 15) is 29.1 Å². The zero-order chi connectivity index (χ0) is 31.8. The van der Waals surface area contributed by atoms with Crippen LogP contribution in [0.5, 0.6) is 0 Å². The second kappa shape index (κ2) is 18.6. The fourth-order valence-electron chi connectivity index (χ4n) is 4.19. The third-order valence-corrected chi connectivity index (χ3v) is 6.85. The van der Waals surface area contributed by atoms with Gasteiger partial charge in [0.1, 0.15) is 12.3 Å². The smallest absolute Gasteiger partial charge is 0.305 e. The molecule has 2 rings (SSSR count). The highest BCUT2D eigenvalue weighted by Gasteiger charge is 2.24. The lowest BCUT2D eigenvalue weighted by Gasteiger charge is -2.20. The molecular weight excluding hydrogens is 560 g/mol. The summed E-state index contributed by atoms with van der Waals surface area (Å²) >= 11 is 0. The van der Waals surface area contributed by atoms with Crippen LogP contribution < -0.4 is 16.1 Å². The van der Waals surface area contributed by atoms with E-state index >= 15 is 0 Å². The second-order valence-corrected chi connectivity index (χ2v) is 10.0. The van der Waals surface area contributed by atoms with E-state index in [1.807, 2.05) is 47.9 Å². The maximum absolute atomic E-state index is 12.8. The molecule has 1 aromatic carbocycles. The molecule has 2 aromatic rings. The monoisotopic (exact) mass is 604 g/mol. The Morgan fingerprint density at radius 2 is 1.74 bits per heavy atom. The first-order valence-corrected chi connectivity index (χ1v) is 14.2. The summed E-state index contributed by atoms with van der Waals surface area (Å²) in [4.78, 5) is 60.8. The average Bonchev–Trinajstić information content (AvgIpc) is 3.33. The number of hydrogen-bond acceptors (Lipinski definition) is 9. The molecule has 0 spiro atoms. The van der Waals surface area contributed by atoms with Crippen molar-refractivity contribution in [1.82, 2.24) is 30.5 Å². The van der Waals surface area contributed by atoms with Crippen molar-refractivity contribution in [3.8, 4) is 0 Å². The Kier molecular flexibility index (Phi) is 15.3. The molecule has 1 heterocycles. The predicted molar refractivity (Wildman–Crippen MR) is 159 cm³/mol. The fraction of sp³-hybridized carbons (Fsp3) is 0.552. The van der Waals surface area contributed by atoms with E-state index in [0.717, 1.165) is 16.6 Å². The van der Waals surface area contributed by atoms with E-state index in [1.165, 1.54) is 4.90 Å². The fourth-order valence-corrected chi connectivity index (χ4v) is 4.19. The van der Waals surface area contributed by atoms with E-state index in [0.29, 0.717) is 19.4 Å². The standard InChI is InChI=1S/C29H44N6O8/c1-21(20-36)34(4)27(38)10-13-42-15-16-43-14-11-31-29(41)24(18-28(39)40)32-26(37)9-12-35-23(19-33(3)30-2)17-22-7-5-6-8-25(22)35/h5-8,17,20-21,24,30H,9-16,18-19H2,1-4H3,(H,31,41)(H,32,37)(H,39,40). The highest BCUT2D eigenvalue weighted by Crippen LogP contribution is 2.21. The molecule has 238 valence electrons. The maximum atomic E-state index is 12.8. The van der Waals surface area contributed by atoms with Crippen molar-refractivity contribution in [3.05, 3.63) is 36.0 Å². The minimum Gasteiger partial charge on any atom is -0.481 e. The summed E-state index contributed by atoms with van der Waals surface area (Å²) in [5.41, 5.74) is 5.04. The summed E-state index contributed by atoms with van der Waals surface area (Å²) in [6.45, 7) is 3.47. The molecule has 0 saturated heterocycles. The number of aliphatic carboxylic acids is 1. The molecule has 0 aliphatic carbocycles. The largest absolute Gasteiger partial charge is 0.481 e. The van der Waals surface area contributed by atoms with E-state index < -0.39 is 36.3 Å². The Balaban J connectivity index is 1.76. The number of carboxylic acids is 1. The summed E-state index contributed by atoms with van der Waals surface area (Å²) in [5.74, 6) is -2.48. The van der Waals surface area contributed by atoms with Crippen LogP contribution in [0.1, 0.15) is 31.9 Å². The van der Waals surface area contributed by atoms with Gasteiger partial charge in [0.2, 0.25) is 17.7 Å². The number of hydrogen-bond donors (Lipinski definition) is 4. The van der Waals surface area contributed by atoms with Crippen LogP contribution in [0.4, 0.5) is 0 Å². The molecule has 0 saturated carbocycles. The van der Waals surface area contributed by atoms with Crippen molar-refractivity contribution in [2.75, 3.05) is 54.1 Å². The Bertz CT molecular complexity index is 1220. The SMILES string of the molecule is CNN(C)Cc1cc2ccccc2n1CCC(=O)NC(CC(=O)O)C(=O)NCCOCCOCCC(=O)N(C)C(C)C=O. The number of nitrogens with zero attached hydrogens (tertiary/aromatic N) is 3. The van der Waals surface area contributed by atoms with Gasteiger partial charge in [0.15, 0.2) is 0 Å². The van der Waals surface area contributed by atoms with Crippen molar-refractivity contribution in [1.29, 1.82) is 0 Å². The molecule has 0 aliphatic rings. The van der Waals surface area contributed by atoms with Gasteiger partial charge in [0.25, 0.3) is 0 Å². The number of carbonyl (C=O) groups excluding carboxylic acids is 4. The lowest BCUT2D eigenvalue weighted by atomic mass is 10.2. The van der Waals surface area contributed by atoms with Gasteiger partial charge in [0.05, 0.1) is 51.9 Å². The molecular formula is C29H44N6O8. The first-order chi connectivity index (χ1) is 20.6. The molecule has 2 atom stereocenters. The van der Waals surface area contributed by atoms with Crippen molar-refractivity contribution < 1.29 is 38.6 Å². The number of benzene rings is 1. The summed E-state index contributed by atoms with van der Waals surface area (Å²) in [5, 5.41) is 17.4. The second-order valence-electron chi connectivity index (χ2n) is 10.0. The van der Waals surface area contributed by atoms with Crippen LogP contribution in [0.2, 0.25) is 0 Å². The van der Waals surface area contributed by atoms with Gasteiger partial charge in [-0.15, -0.1) is 0 Å². The summed E-state index contributed by atoms with van der Waals surface area (Å²) in [7, 11) is 5.28. The van der Waals surface area contributed by atoms with E-state index in [4.69, 9.17) is 9.47 Å². The molecule has 0 aliphatic heterocycles. The van der Waals surface area contributed by atoms with Gasteiger partial charge in [0, 0.05) is 44.8 Å². The highest BCUT2D eigenvalue weighted by atomic mass is 16.5. The number of rotatable bonds is 21. The van der Waals surface area contributed by atoms with Gasteiger partial charge in [-0.05, 0) is 31.5 Å². The van der Waals surface area contributed by atoms with Crippen molar-refractivity contribution in [2.45, 2.75) is 51.4 Å². The first-order valence-electron chi connectivity index (χ1n) is 14.2. The summed E-state index contributed by atoms with van der Waals surface area (Å²) < 4.78 is 12.8. The molecule has 1 aromatic heterocycles. The van der Waals surface area contributed by atoms with Crippen molar-refractivity contribution in [2.24, 2.45) is 0 Å². The Morgan fingerprint density at radius 1 is 1.05 bits per heavy atom. The number of carbonyl (C=O) groups is 5. The normalized spacial score (nSPS) is 12.6. The van der Waals surface area contributed by atoms with Crippen LogP contribution in [0.3, 0.4) is 0 Å². The molecule has 0 radical (unpaired) electrons. The number of ether oxygens (including phenoxy) is 2. The predicted octanol–water partition coefficient (Wildman–Crippen LogP) is 0.142. The topological polar surface area (TPSA) is 172 Å². The Morgan fingerprint density at radius 3 is 2.42 bits per heavy atom. The zero-order valence-electron chi connectivity index (χ0n) is 25.3. The van der Waals surface area contributed by atoms with E-state index in [2.05, 4.69) is 22.1 Å². The maximum Gasteiger partial charge on any atom is 0.305 e. The molecule has 14 heteroatoms. The minimum atomic E-state index is -1.23. The van der Waals surface area contributed by atoms with Crippen LogP contribution in [0.15, 0.2) is 30.3 Å². The van der Waals surface area contributed by atoms with Gasteiger partial charge in [-0.3, -0.25) is 24.6 Å². The van der Waals surface area contributed by atoms with Crippen LogP contribution >= 0.6 is 0 Å². The molecule has 14 nitrogen and oxygen atoms in total. The molecule has 0 fully saturated rings. The Hall–Kier alpha value is -3.85. The summed E-state index contributed by atoms with van der Waals surface area (Å²) in [6.07, 6.45) is 0.324. The van der Waals surface area contributed by atoms with E-state index in [-0.39, 0.29) is 51.7 Å². The van der Waals surface area contributed by atoms with Gasteiger partial charge in [-0.2, -0.15) is 0 Å². The molecule has 0 bridgehead atoms. The van der Waals surface area contributed by atoms with Crippen LogP contribution in [0.25, 0.3) is 10.9 Å². The van der Waals surface area contributed by atoms with Gasteiger partial charge < -0.3 is 39.5 Å². The minimum absolute atomic E-state index is 0.0550. The number of likely N-dealkylation sites (N-methyl/N-ethyl adjacent to an activating group) is 1. The van der Waals surface area contributed by atoms with E-state index in [1.54, 1.807) is 14.0 Å². The highest BCUT2D eigenvalue weighted by molar-refractivity contribution is 5.90. The molecule has 43 heavy (non-hydrogen) atoms. The molecule has 3 amide bonds. The van der Waals surface area contributed by atoms with Crippen molar-refractivity contribution >= 4 is 40.9 Å². The number of hydrazine groups is 1.